The minimum Gasteiger partial charge on any atom is -0.481 e. The lowest BCUT2D eigenvalue weighted by Crippen LogP contribution is -2.51. The molecule has 1 N–H and O–H groups in total. The zero-order valence-corrected chi connectivity index (χ0v) is 24.0. The highest BCUT2D eigenvalue weighted by Crippen LogP contribution is 2.37. The number of hydrogen-bond acceptors (Lipinski definition) is 7. The molecule has 4 aliphatic rings. The molecule has 39 heavy (non-hydrogen) atoms. The molecule has 4 atom stereocenters. The fourth-order valence-electron chi connectivity index (χ4n) is 7.22. The summed E-state index contributed by atoms with van der Waals surface area (Å²) in [6.07, 6.45) is 13.8. The first-order valence-electron chi connectivity index (χ1n) is 14.8. The molecule has 2 aliphatic heterocycles. The first-order chi connectivity index (χ1) is 18.8. The second-order valence-corrected chi connectivity index (χ2v) is 11.6. The lowest BCUT2D eigenvalue weighted by Gasteiger charge is -2.43. The van der Waals surface area contributed by atoms with Gasteiger partial charge in [-0.3, -0.25) is 9.59 Å². The van der Waals surface area contributed by atoms with Gasteiger partial charge in [-0.2, -0.15) is 0 Å². The van der Waals surface area contributed by atoms with Gasteiger partial charge in [-0.15, -0.1) is 0 Å². The minimum absolute atomic E-state index is 0.0441. The molecule has 4 unspecified atom stereocenters. The smallest absolute Gasteiger partial charge is 0.409 e. The number of hydrogen-bond donors (Lipinski definition) is 1. The van der Waals surface area contributed by atoms with Crippen LogP contribution in [-0.2, 0) is 23.8 Å². The third-order valence-corrected chi connectivity index (χ3v) is 9.38. The van der Waals surface area contributed by atoms with E-state index in [0.29, 0.717) is 50.6 Å². The summed E-state index contributed by atoms with van der Waals surface area (Å²) in [6, 6.07) is 0.170. The van der Waals surface area contributed by atoms with Crippen LogP contribution < -0.4 is 0 Å². The summed E-state index contributed by atoms with van der Waals surface area (Å²) >= 11 is 0. The molecule has 2 amide bonds. The van der Waals surface area contributed by atoms with E-state index in [2.05, 4.69) is 0 Å². The van der Waals surface area contributed by atoms with Gasteiger partial charge in [-0.25, -0.2) is 9.59 Å². The molecular weight excluding hydrogens is 504 g/mol. The number of rotatable bonds is 4. The molecule has 2 saturated carbocycles. The summed E-state index contributed by atoms with van der Waals surface area (Å²) in [5, 5.41) is 9.20. The van der Waals surface area contributed by atoms with Crippen LogP contribution in [0.1, 0.15) is 89.9 Å². The first-order valence-corrected chi connectivity index (χ1v) is 14.8. The predicted molar refractivity (Wildman–Crippen MR) is 144 cm³/mol. The molecule has 222 valence electrons. The number of esters is 1. The van der Waals surface area contributed by atoms with Gasteiger partial charge in [0.2, 0.25) is 0 Å². The number of nitrogens with zero attached hydrogens (tertiary/aromatic N) is 2. The van der Waals surface area contributed by atoms with E-state index < -0.39 is 5.97 Å². The van der Waals surface area contributed by atoms with Crippen molar-refractivity contribution in [1.82, 2.24) is 9.80 Å². The average molecular weight is 553 g/mol. The number of methoxy groups -OCH3 is 3. The summed E-state index contributed by atoms with van der Waals surface area (Å²) in [4.78, 5) is 50.4. The summed E-state index contributed by atoms with van der Waals surface area (Å²) in [5.41, 5.74) is 0. The zero-order chi connectivity index (χ0) is 28.4. The number of aliphatic carboxylic acids is 1. The van der Waals surface area contributed by atoms with Gasteiger partial charge in [0.25, 0.3) is 0 Å². The number of carbonyl (C=O) groups is 4. The lowest BCUT2D eigenvalue weighted by molar-refractivity contribution is -0.148. The number of likely N-dealkylation sites (tertiary alicyclic amines) is 2. The molecule has 2 saturated heterocycles. The van der Waals surface area contributed by atoms with Gasteiger partial charge in [-0.05, 0) is 63.2 Å². The van der Waals surface area contributed by atoms with E-state index in [1.807, 2.05) is 4.90 Å². The molecule has 0 spiro atoms. The van der Waals surface area contributed by atoms with E-state index in [9.17, 15) is 24.3 Å². The van der Waals surface area contributed by atoms with Gasteiger partial charge in [0, 0.05) is 25.2 Å². The van der Waals surface area contributed by atoms with Crippen molar-refractivity contribution in [3.05, 3.63) is 0 Å². The van der Waals surface area contributed by atoms with Crippen molar-refractivity contribution in [1.29, 1.82) is 0 Å². The van der Waals surface area contributed by atoms with Gasteiger partial charge in [-0.1, -0.05) is 38.5 Å². The number of carboxylic acid groups (broad SMARTS) is 1. The molecule has 2 aliphatic carbocycles. The van der Waals surface area contributed by atoms with Crippen LogP contribution in [0.2, 0.25) is 0 Å². The fourth-order valence-corrected chi connectivity index (χ4v) is 7.22. The number of ether oxygens (including phenoxy) is 3. The average Bonchev–Trinajstić information content (AvgIpc) is 3.00. The SMILES string of the molecule is COC(=O)C1CCN(C(=O)OC)C(C2CCCCC2)C1.COC(=O)N1CCC(C(=O)O)CC1C1CCCCC1. The van der Waals surface area contributed by atoms with E-state index in [4.69, 9.17) is 14.2 Å². The third kappa shape index (κ3) is 8.24. The summed E-state index contributed by atoms with van der Waals surface area (Å²) < 4.78 is 14.6. The van der Waals surface area contributed by atoms with Crippen LogP contribution in [0.15, 0.2) is 0 Å². The van der Waals surface area contributed by atoms with Crippen LogP contribution in [-0.4, -0.2) is 85.5 Å². The molecule has 2 heterocycles. The van der Waals surface area contributed by atoms with Gasteiger partial charge in [0.15, 0.2) is 0 Å². The van der Waals surface area contributed by atoms with Crippen LogP contribution in [0, 0.1) is 23.7 Å². The van der Waals surface area contributed by atoms with E-state index >= 15 is 0 Å². The normalized spacial score (nSPS) is 28.5. The van der Waals surface area contributed by atoms with Gasteiger partial charge in [0.1, 0.15) is 0 Å². The minimum atomic E-state index is -0.731. The summed E-state index contributed by atoms with van der Waals surface area (Å²) in [6.45, 7) is 1.10. The predicted octanol–water partition coefficient (Wildman–Crippen LogP) is 5.09. The van der Waals surface area contributed by atoms with Crippen molar-refractivity contribution in [3.63, 3.8) is 0 Å². The Morgan fingerprint density at radius 1 is 0.590 bits per heavy atom. The summed E-state index contributed by atoms with van der Waals surface area (Å²) in [5.74, 6) is -0.327. The molecule has 0 bridgehead atoms. The number of carbonyl (C=O) groups excluding carboxylic acids is 3. The van der Waals surface area contributed by atoms with Crippen molar-refractivity contribution in [2.24, 2.45) is 23.7 Å². The largest absolute Gasteiger partial charge is 0.481 e. The highest BCUT2D eigenvalue weighted by molar-refractivity contribution is 5.74. The second-order valence-electron chi connectivity index (χ2n) is 11.6. The van der Waals surface area contributed by atoms with Crippen molar-refractivity contribution < 1.29 is 38.5 Å². The van der Waals surface area contributed by atoms with Gasteiger partial charge in [0.05, 0.1) is 33.2 Å². The highest BCUT2D eigenvalue weighted by Gasteiger charge is 2.41. The third-order valence-electron chi connectivity index (χ3n) is 9.38. The standard InChI is InChI=1S/C15H25NO4.C14H23NO4/c1-19-14(17)12-8-9-16(15(18)20-2)13(10-12)11-6-4-3-5-7-11;1-19-14(18)15-8-7-11(13(16)17)9-12(15)10-5-3-2-4-6-10/h11-13H,3-10H2,1-2H3;10-12H,2-9H2,1H3,(H,16,17). The molecule has 0 radical (unpaired) electrons. The van der Waals surface area contributed by atoms with Crippen LogP contribution >= 0.6 is 0 Å². The topological polar surface area (TPSA) is 123 Å². The molecule has 4 fully saturated rings. The van der Waals surface area contributed by atoms with Crippen molar-refractivity contribution >= 4 is 24.1 Å². The van der Waals surface area contributed by atoms with Crippen LogP contribution in [0.25, 0.3) is 0 Å². The Kier molecular flexibility index (Phi) is 12.2. The monoisotopic (exact) mass is 552 g/mol. The van der Waals surface area contributed by atoms with Gasteiger partial charge < -0.3 is 29.1 Å². The maximum Gasteiger partial charge on any atom is 0.409 e. The van der Waals surface area contributed by atoms with Crippen LogP contribution in [0.3, 0.4) is 0 Å². The Labute approximate surface area is 232 Å². The molecule has 10 nitrogen and oxygen atoms in total. The Morgan fingerprint density at radius 3 is 1.38 bits per heavy atom. The van der Waals surface area contributed by atoms with Crippen LogP contribution in [0.5, 0.6) is 0 Å². The quantitative estimate of drug-likeness (QED) is 0.378. The van der Waals surface area contributed by atoms with E-state index in [1.165, 1.54) is 59.9 Å². The maximum absolute atomic E-state index is 12.0. The van der Waals surface area contributed by atoms with Crippen molar-refractivity contribution in [2.45, 2.75) is 102 Å². The number of amides is 2. The van der Waals surface area contributed by atoms with E-state index in [0.717, 1.165) is 25.7 Å². The lowest BCUT2D eigenvalue weighted by atomic mass is 9.77. The molecule has 10 heteroatoms. The molecule has 0 aromatic rings. The molecule has 4 rings (SSSR count). The fraction of sp³-hybridized carbons (Fsp3) is 0.862. The Hall–Kier alpha value is -2.52. The molecule has 0 aromatic heterocycles. The highest BCUT2D eigenvalue weighted by atomic mass is 16.5. The maximum atomic E-state index is 12.0. The van der Waals surface area contributed by atoms with Crippen molar-refractivity contribution in [2.75, 3.05) is 34.4 Å². The molecule has 0 aromatic carbocycles. The Balaban J connectivity index is 0.000000216. The number of carboxylic acids is 1. The van der Waals surface area contributed by atoms with Crippen LogP contribution in [0.4, 0.5) is 9.59 Å². The first kappa shape index (κ1) is 31.0. The molecular formula is C29H48N2O8. The second kappa shape index (κ2) is 15.3. The van der Waals surface area contributed by atoms with E-state index in [-0.39, 0.29) is 42.1 Å². The number of piperidine rings is 2. The Morgan fingerprint density at radius 2 is 1.00 bits per heavy atom. The Bertz CT molecular complexity index is 824. The van der Waals surface area contributed by atoms with E-state index in [1.54, 1.807) is 4.90 Å². The zero-order valence-electron chi connectivity index (χ0n) is 24.0. The van der Waals surface area contributed by atoms with Gasteiger partial charge >= 0.3 is 24.1 Å². The van der Waals surface area contributed by atoms with Crippen molar-refractivity contribution in [3.8, 4) is 0 Å². The summed E-state index contributed by atoms with van der Waals surface area (Å²) in [7, 11) is 4.25.